The van der Waals surface area contributed by atoms with Gasteiger partial charge in [0.2, 0.25) is 5.91 Å². The van der Waals surface area contributed by atoms with Gasteiger partial charge in [-0.15, -0.1) is 0 Å². The van der Waals surface area contributed by atoms with E-state index in [9.17, 15) is 4.79 Å². The number of hydrogen-bond acceptors (Lipinski definition) is 2. The smallest absolute Gasteiger partial charge is 0.219 e. The van der Waals surface area contributed by atoms with E-state index in [1.54, 1.807) is 6.92 Å². The molecule has 1 aliphatic rings. The molecule has 0 saturated carbocycles. The molecule has 1 heterocycles. The Morgan fingerprint density at radius 2 is 2.00 bits per heavy atom. The molecule has 0 spiro atoms. The fraction of sp³-hybridized carbons (Fsp3) is 0.533. The Morgan fingerprint density at radius 1 is 1.33 bits per heavy atom. The third kappa shape index (κ3) is 3.33. The second-order valence-corrected chi connectivity index (χ2v) is 4.99. The van der Waals surface area contributed by atoms with Gasteiger partial charge in [-0.25, -0.2) is 0 Å². The van der Waals surface area contributed by atoms with Crippen LogP contribution in [0, 0.1) is 0 Å². The van der Waals surface area contributed by atoms with Crippen molar-refractivity contribution in [2.45, 2.75) is 32.7 Å². The van der Waals surface area contributed by atoms with Gasteiger partial charge in [0.05, 0.1) is 0 Å². The van der Waals surface area contributed by atoms with Crippen LogP contribution < -0.4 is 5.32 Å². The normalized spacial score (nSPS) is 19.9. The summed E-state index contributed by atoms with van der Waals surface area (Å²) in [6.07, 6.45) is 2.08. The van der Waals surface area contributed by atoms with E-state index < -0.39 is 0 Å². The van der Waals surface area contributed by atoms with Crippen LogP contribution >= 0.6 is 0 Å². The fourth-order valence-corrected chi connectivity index (χ4v) is 2.44. The van der Waals surface area contributed by atoms with Crippen LogP contribution in [0.25, 0.3) is 0 Å². The number of nitrogens with zero attached hydrogens (tertiary/aromatic N) is 1. The van der Waals surface area contributed by atoms with E-state index >= 15 is 0 Å². The number of rotatable bonds is 3. The van der Waals surface area contributed by atoms with Crippen molar-refractivity contribution >= 4 is 5.91 Å². The molecule has 3 nitrogen and oxygen atoms in total. The molecule has 0 bridgehead atoms. The molecule has 2 rings (SSSR count). The number of amides is 1. The summed E-state index contributed by atoms with van der Waals surface area (Å²) in [6, 6.07) is 9.18. The first-order valence-electron chi connectivity index (χ1n) is 6.75. The Morgan fingerprint density at radius 3 is 2.61 bits per heavy atom. The average Bonchev–Trinajstić information content (AvgIpc) is 2.40. The van der Waals surface area contributed by atoms with Crippen LogP contribution in [0.1, 0.15) is 25.0 Å². The maximum absolute atomic E-state index is 11.4. The highest BCUT2D eigenvalue weighted by atomic mass is 16.2. The lowest BCUT2D eigenvalue weighted by molar-refractivity contribution is -0.130. The zero-order chi connectivity index (χ0) is 13.0. The molecule has 1 atom stereocenters. The van der Waals surface area contributed by atoms with E-state index in [4.69, 9.17) is 0 Å². The van der Waals surface area contributed by atoms with Gasteiger partial charge in [-0.1, -0.05) is 31.2 Å². The first-order valence-corrected chi connectivity index (χ1v) is 6.75. The first kappa shape index (κ1) is 13.1. The number of carbonyl (C=O) groups excluding carboxylic acids is 1. The molecule has 1 N–H and O–H groups in total. The predicted molar refractivity (Wildman–Crippen MR) is 73.6 cm³/mol. The molecule has 1 saturated heterocycles. The van der Waals surface area contributed by atoms with Gasteiger partial charge < -0.3 is 10.2 Å². The maximum Gasteiger partial charge on any atom is 0.219 e. The van der Waals surface area contributed by atoms with E-state index in [-0.39, 0.29) is 5.91 Å². The summed E-state index contributed by atoms with van der Waals surface area (Å²) in [7, 11) is 0. The molecular formula is C15H22N2O. The summed E-state index contributed by atoms with van der Waals surface area (Å²) in [5.74, 6) is 0.183. The van der Waals surface area contributed by atoms with Crippen molar-refractivity contribution in [3.63, 3.8) is 0 Å². The highest BCUT2D eigenvalue weighted by Gasteiger charge is 2.20. The van der Waals surface area contributed by atoms with Crippen LogP contribution in [0.15, 0.2) is 24.3 Å². The third-order valence-electron chi connectivity index (χ3n) is 3.61. The van der Waals surface area contributed by atoms with Gasteiger partial charge in [-0.2, -0.15) is 0 Å². The zero-order valence-corrected chi connectivity index (χ0v) is 11.3. The molecule has 18 heavy (non-hydrogen) atoms. The molecular weight excluding hydrogens is 224 g/mol. The molecule has 1 fully saturated rings. The molecule has 0 aliphatic carbocycles. The van der Waals surface area contributed by atoms with Gasteiger partial charge in [0.25, 0.3) is 0 Å². The van der Waals surface area contributed by atoms with E-state index in [1.807, 2.05) is 4.90 Å². The highest BCUT2D eigenvalue weighted by Crippen LogP contribution is 2.10. The second kappa shape index (κ2) is 6.01. The number of carbonyl (C=O) groups is 1. The minimum atomic E-state index is 0.183. The van der Waals surface area contributed by atoms with Gasteiger partial charge in [-0.3, -0.25) is 4.79 Å². The SMILES string of the molecule is CCc1ccc(CC2CN(C(C)=O)CCN2)cc1. The van der Waals surface area contributed by atoms with Gasteiger partial charge in [0.1, 0.15) is 0 Å². The Labute approximate surface area is 109 Å². The lowest BCUT2D eigenvalue weighted by Crippen LogP contribution is -2.52. The largest absolute Gasteiger partial charge is 0.340 e. The highest BCUT2D eigenvalue weighted by molar-refractivity contribution is 5.73. The molecule has 0 aromatic heterocycles. The van der Waals surface area contributed by atoms with Crippen molar-refractivity contribution in [2.75, 3.05) is 19.6 Å². The number of hydrogen-bond donors (Lipinski definition) is 1. The lowest BCUT2D eigenvalue weighted by atomic mass is 10.0. The predicted octanol–water partition coefficient (Wildman–Crippen LogP) is 1.61. The monoisotopic (exact) mass is 246 g/mol. The van der Waals surface area contributed by atoms with E-state index in [0.29, 0.717) is 6.04 Å². The van der Waals surface area contributed by atoms with Crippen LogP contribution in [0.2, 0.25) is 0 Å². The quantitative estimate of drug-likeness (QED) is 0.879. The number of nitrogens with one attached hydrogen (secondary N) is 1. The summed E-state index contributed by atoms with van der Waals surface area (Å²) in [5, 5.41) is 3.49. The molecule has 1 unspecified atom stereocenters. The molecule has 1 aromatic rings. The van der Waals surface area contributed by atoms with E-state index in [0.717, 1.165) is 32.5 Å². The Kier molecular flexibility index (Phi) is 4.37. The van der Waals surface area contributed by atoms with Crippen molar-refractivity contribution < 1.29 is 4.79 Å². The summed E-state index contributed by atoms with van der Waals surface area (Å²) in [6.45, 7) is 6.38. The van der Waals surface area contributed by atoms with Crippen molar-refractivity contribution in [3.8, 4) is 0 Å². The number of benzene rings is 1. The van der Waals surface area contributed by atoms with Gasteiger partial charge in [-0.05, 0) is 24.0 Å². The maximum atomic E-state index is 11.4. The fourth-order valence-electron chi connectivity index (χ4n) is 2.44. The number of aryl methyl sites for hydroxylation is 1. The van der Waals surface area contributed by atoms with Crippen molar-refractivity contribution in [2.24, 2.45) is 0 Å². The van der Waals surface area contributed by atoms with Gasteiger partial charge in [0.15, 0.2) is 0 Å². The molecule has 3 heteroatoms. The Balaban J connectivity index is 1.93. The average molecular weight is 246 g/mol. The third-order valence-corrected chi connectivity index (χ3v) is 3.61. The van der Waals surface area contributed by atoms with Crippen LogP contribution in [0.4, 0.5) is 0 Å². The number of piperazine rings is 1. The van der Waals surface area contributed by atoms with Crippen molar-refractivity contribution in [1.82, 2.24) is 10.2 Å². The standard InChI is InChI=1S/C15H22N2O/c1-3-13-4-6-14(7-5-13)10-15-11-17(12(2)18)9-8-16-15/h4-7,15-16H,3,8-11H2,1-2H3. The minimum absolute atomic E-state index is 0.183. The molecule has 98 valence electrons. The van der Waals surface area contributed by atoms with Gasteiger partial charge >= 0.3 is 0 Å². The minimum Gasteiger partial charge on any atom is -0.340 e. The molecule has 1 amide bonds. The lowest BCUT2D eigenvalue weighted by Gasteiger charge is -2.33. The van der Waals surface area contributed by atoms with Crippen LogP contribution in [0.3, 0.4) is 0 Å². The summed E-state index contributed by atoms with van der Waals surface area (Å²) in [4.78, 5) is 13.3. The van der Waals surface area contributed by atoms with Crippen LogP contribution in [0.5, 0.6) is 0 Å². The Bertz CT molecular complexity index is 399. The summed E-state index contributed by atoms with van der Waals surface area (Å²) < 4.78 is 0. The summed E-state index contributed by atoms with van der Waals surface area (Å²) >= 11 is 0. The first-order chi connectivity index (χ1) is 8.69. The van der Waals surface area contributed by atoms with Gasteiger partial charge in [0, 0.05) is 32.6 Å². The van der Waals surface area contributed by atoms with Crippen LogP contribution in [-0.4, -0.2) is 36.5 Å². The Hall–Kier alpha value is -1.35. The summed E-state index contributed by atoms with van der Waals surface area (Å²) in [5.41, 5.74) is 2.72. The van der Waals surface area contributed by atoms with E-state index in [2.05, 4.69) is 36.5 Å². The molecule has 1 aliphatic heterocycles. The van der Waals surface area contributed by atoms with E-state index in [1.165, 1.54) is 11.1 Å². The van der Waals surface area contributed by atoms with Crippen LogP contribution in [-0.2, 0) is 17.6 Å². The molecule has 0 radical (unpaired) electrons. The molecule has 1 aromatic carbocycles. The topological polar surface area (TPSA) is 32.3 Å². The van der Waals surface area contributed by atoms with Crippen molar-refractivity contribution in [1.29, 1.82) is 0 Å². The zero-order valence-electron chi connectivity index (χ0n) is 11.3. The van der Waals surface area contributed by atoms with Crippen molar-refractivity contribution in [3.05, 3.63) is 35.4 Å². The second-order valence-electron chi connectivity index (χ2n) is 4.99.